The van der Waals surface area contributed by atoms with Gasteiger partial charge < -0.3 is 10.2 Å². The Kier molecular flexibility index (Phi) is 6.80. The fourth-order valence-corrected chi connectivity index (χ4v) is 6.29. The van der Waals surface area contributed by atoms with Gasteiger partial charge in [-0.25, -0.2) is 10.4 Å². The molecule has 2 aromatic carbocycles. The number of amides is 1. The lowest BCUT2D eigenvalue weighted by Crippen LogP contribution is -2.24. The highest BCUT2D eigenvalue weighted by atomic mass is 32.2. The van der Waals surface area contributed by atoms with Crippen molar-refractivity contribution in [1.82, 2.24) is 15.0 Å². The fourth-order valence-electron chi connectivity index (χ4n) is 4.18. The Morgan fingerprint density at radius 1 is 1.19 bits per heavy atom. The summed E-state index contributed by atoms with van der Waals surface area (Å²) < 4.78 is 1.60. The summed E-state index contributed by atoms with van der Waals surface area (Å²) in [4.78, 5) is 33.0. The number of hydrazone groups is 1. The molecule has 1 aliphatic rings. The number of hydrogen-bond donors (Lipinski definition) is 3. The van der Waals surface area contributed by atoms with Gasteiger partial charge in [0.15, 0.2) is 5.16 Å². The SMILES string of the molecule is Cc1ccc(-n2c(SCC(=O)N/N=C\c3ccc(O)cc3O)nc3sc4c(c3c2=O)CCCC4)cc1. The average Bonchev–Trinajstić information content (AvgIpc) is 3.23. The van der Waals surface area contributed by atoms with E-state index in [1.54, 1.807) is 15.9 Å². The number of nitrogens with zero attached hydrogens (tertiary/aromatic N) is 3. The highest BCUT2D eigenvalue weighted by molar-refractivity contribution is 7.99. The van der Waals surface area contributed by atoms with Gasteiger partial charge in [-0.1, -0.05) is 29.5 Å². The Bertz CT molecular complexity index is 1540. The summed E-state index contributed by atoms with van der Waals surface area (Å²) in [6.07, 6.45) is 5.35. The Balaban J connectivity index is 1.42. The first kappa shape index (κ1) is 24.1. The molecule has 0 aliphatic heterocycles. The molecular weight excluding hydrogens is 496 g/mol. The third-order valence-electron chi connectivity index (χ3n) is 5.99. The van der Waals surface area contributed by atoms with Crippen molar-refractivity contribution >= 4 is 45.4 Å². The number of nitrogens with one attached hydrogen (secondary N) is 1. The van der Waals surface area contributed by atoms with E-state index in [9.17, 15) is 19.8 Å². The second-order valence-corrected chi connectivity index (χ2v) is 10.6. The zero-order valence-corrected chi connectivity index (χ0v) is 21.2. The molecule has 3 N–H and O–H groups in total. The number of aryl methyl sites for hydroxylation is 3. The predicted octanol–water partition coefficient (Wildman–Crippen LogP) is 4.29. The number of benzene rings is 2. The lowest BCUT2D eigenvalue weighted by molar-refractivity contribution is -0.118. The molecule has 2 heterocycles. The molecule has 1 amide bonds. The molecule has 5 rings (SSSR count). The molecule has 0 unspecified atom stereocenters. The van der Waals surface area contributed by atoms with Gasteiger partial charge in [0.25, 0.3) is 11.5 Å². The van der Waals surface area contributed by atoms with Crippen LogP contribution in [0.15, 0.2) is 57.5 Å². The van der Waals surface area contributed by atoms with Crippen LogP contribution < -0.4 is 11.0 Å². The number of aromatic nitrogens is 2. The molecule has 8 nitrogen and oxygen atoms in total. The van der Waals surface area contributed by atoms with Gasteiger partial charge in [0, 0.05) is 16.5 Å². The number of thioether (sulfide) groups is 1. The molecule has 36 heavy (non-hydrogen) atoms. The summed E-state index contributed by atoms with van der Waals surface area (Å²) in [6, 6.07) is 11.8. The van der Waals surface area contributed by atoms with Gasteiger partial charge in [-0.2, -0.15) is 5.10 Å². The van der Waals surface area contributed by atoms with Gasteiger partial charge >= 0.3 is 0 Å². The minimum Gasteiger partial charge on any atom is -0.508 e. The molecule has 0 bridgehead atoms. The van der Waals surface area contributed by atoms with E-state index in [1.165, 1.54) is 41.1 Å². The molecule has 4 aromatic rings. The second kappa shape index (κ2) is 10.2. The van der Waals surface area contributed by atoms with E-state index in [2.05, 4.69) is 10.5 Å². The summed E-state index contributed by atoms with van der Waals surface area (Å²) in [5, 5.41) is 24.2. The van der Waals surface area contributed by atoms with Crippen LogP contribution in [0.3, 0.4) is 0 Å². The van der Waals surface area contributed by atoms with Gasteiger partial charge in [0.05, 0.1) is 23.0 Å². The van der Waals surface area contributed by atoms with Gasteiger partial charge in [-0.05, 0) is 62.4 Å². The van der Waals surface area contributed by atoms with Crippen molar-refractivity contribution in [3.63, 3.8) is 0 Å². The number of phenols is 2. The van der Waals surface area contributed by atoms with Crippen LogP contribution in [0.4, 0.5) is 0 Å². The highest BCUT2D eigenvalue weighted by Gasteiger charge is 2.23. The summed E-state index contributed by atoms with van der Waals surface area (Å²) >= 11 is 2.75. The second-order valence-electron chi connectivity index (χ2n) is 8.59. The predicted molar refractivity (Wildman–Crippen MR) is 143 cm³/mol. The van der Waals surface area contributed by atoms with Crippen LogP contribution in [0.1, 0.15) is 34.4 Å². The molecule has 0 saturated carbocycles. The van der Waals surface area contributed by atoms with Gasteiger partial charge in [0.2, 0.25) is 0 Å². The quantitative estimate of drug-likeness (QED) is 0.151. The normalized spacial score (nSPS) is 13.2. The third kappa shape index (κ3) is 4.87. The third-order valence-corrected chi connectivity index (χ3v) is 8.11. The summed E-state index contributed by atoms with van der Waals surface area (Å²) in [5.41, 5.74) is 5.59. The van der Waals surface area contributed by atoms with Crippen molar-refractivity contribution < 1.29 is 15.0 Å². The number of rotatable bonds is 6. The number of fused-ring (bicyclic) bond motifs is 3. The smallest absolute Gasteiger partial charge is 0.267 e. The van der Waals surface area contributed by atoms with E-state index in [1.807, 2.05) is 31.2 Å². The maximum absolute atomic E-state index is 13.7. The maximum atomic E-state index is 13.7. The number of carbonyl (C=O) groups excluding carboxylic acids is 1. The summed E-state index contributed by atoms with van der Waals surface area (Å²) in [7, 11) is 0. The minimum atomic E-state index is -0.384. The minimum absolute atomic E-state index is 0.00615. The van der Waals surface area contributed by atoms with E-state index in [0.717, 1.165) is 41.6 Å². The molecule has 184 valence electrons. The molecule has 1 aliphatic carbocycles. The number of phenolic OH excluding ortho intramolecular Hbond substituents is 2. The van der Waals surface area contributed by atoms with E-state index < -0.39 is 0 Å². The molecule has 2 aromatic heterocycles. The van der Waals surface area contributed by atoms with Gasteiger partial charge in [-0.15, -0.1) is 11.3 Å². The van der Waals surface area contributed by atoms with E-state index >= 15 is 0 Å². The number of hydrogen-bond acceptors (Lipinski definition) is 8. The lowest BCUT2D eigenvalue weighted by Gasteiger charge is -2.13. The molecule has 0 saturated heterocycles. The molecule has 0 radical (unpaired) electrons. The largest absolute Gasteiger partial charge is 0.508 e. The van der Waals surface area contributed by atoms with Crippen molar-refractivity contribution in [3.05, 3.63) is 74.4 Å². The maximum Gasteiger partial charge on any atom is 0.267 e. The van der Waals surface area contributed by atoms with Crippen LogP contribution in [0, 0.1) is 6.92 Å². The number of aromatic hydroxyl groups is 2. The molecule has 10 heteroatoms. The van der Waals surface area contributed by atoms with Crippen LogP contribution in [-0.2, 0) is 17.6 Å². The molecule has 0 fully saturated rings. The Morgan fingerprint density at radius 3 is 2.75 bits per heavy atom. The first-order chi connectivity index (χ1) is 17.4. The fraction of sp³-hybridized carbons (Fsp3) is 0.231. The topological polar surface area (TPSA) is 117 Å². The zero-order valence-electron chi connectivity index (χ0n) is 19.5. The summed E-state index contributed by atoms with van der Waals surface area (Å²) in [5.74, 6) is -0.612. The number of thiophene rings is 1. The van der Waals surface area contributed by atoms with Crippen molar-refractivity contribution in [3.8, 4) is 17.2 Å². The monoisotopic (exact) mass is 520 g/mol. The highest BCUT2D eigenvalue weighted by Crippen LogP contribution is 2.35. The van der Waals surface area contributed by atoms with Crippen molar-refractivity contribution in [1.29, 1.82) is 0 Å². The van der Waals surface area contributed by atoms with E-state index in [0.29, 0.717) is 21.8 Å². The lowest BCUT2D eigenvalue weighted by atomic mass is 9.97. The van der Waals surface area contributed by atoms with E-state index in [4.69, 9.17) is 4.98 Å². The van der Waals surface area contributed by atoms with Crippen molar-refractivity contribution in [2.45, 2.75) is 37.8 Å². The summed E-state index contributed by atoms with van der Waals surface area (Å²) in [6.45, 7) is 1.99. The van der Waals surface area contributed by atoms with Crippen LogP contribution in [-0.4, -0.2) is 37.6 Å². The van der Waals surface area contributed by atoms with Crippen LogP contribution >= 0.6 is 23.1 Å². The molecule has 0 atom stereocenters. The Morgan fingerprint density at radius 2 is 1.97 bits per heavy atom. The average molecular weight is 521 g/mol. The Hall–Kier alpha value is -3.63. The first-order valence-corrected chi connectivity index (χ1v) is 13.3. The number of carbonyl (C=O) groups is 1. The molecule has 0 spiro atoms. The Labute approximate surface area is 215 Å². The standard InChI is InChI=1S/C26H24N4O4S2/c1-15-6-9-17(10-7-15)30-25(34)23-19-4-2-3-5-21(19)36-24(23)28-26(30)35-14-22(33)29-27-13-16-8-11-18(31)12-20(16)32/h6-13,31-32H,2-5,14H2,1H3,(H,29,33)/b27-13-. The van der Waals surface area contributed by atoms with Crippen molar-refractivity contribution in [2.75, 3.05) is 5.75 Å². The first-order valence-electron chi connectivity index (χ1n) is 11.5. The van der Waals surface area contributed by atoms with Crippen LogP contribution in [0.25, 0.3) is 15.9 Å². The zero-order chi connectivity index (χ0) is 25.2. The van der Waals surface area contributed by atoms with E-state index in [-0.39, 0.29) is 28.7 Å². The molecular formula is C26H24N4O4S2. The van der Waals surface area contributed by atoms with Crippen molar-refractivity contribution in [2.24, 2.45) is 5.10 Å². The van der Waals surface area contributed by atoms with Gasteiger partial charge in [-0.3, -0.25) is 14.2 Å². The van der Waals surface area contributed by atoms with Crippen LogP contribution in [0.2, 0.25) is 0 Å². The van der Waals surface area contributed by atoms with Crippen LogP contribution in [0.5, 0.6) is 11.5 Å². The van der Waals surface area contributed by atoms with Gasteiger partial charge in [0.1, 0.15) is 16.3 Å².